The van der Waals surface area contributed by atoms with E-state index in [1.807, 2.05) is 4.90 Å². The van der Waals surface area contributed by atoms with Gasteiger partial charge in [-0.2, -0.15) is 0 Å². The van der Waals surface area contributed by atoms with Crippen LogP contribution in [0.5, 0.6) is 0 Å². The van der Waals surface area contributed by atoms with Crippen LogP contribution in [0.1, 0.15) is 23.2 Å². The number of anilines is 2. The third-order valence-corrected chi connectivity index (χ3v) is 2.69. The van der Waals surface area contributed by atoms with Gasteiger partial charge in [0, 0.05) is 19.2 Å². The average molecular weight is 223 g/mol. The summed E-state index contributed by atoms with van der Waals surface area (Å²) < 4.78 is 0. The van der Waals surface area contributed by atoms with Crippen LogP contribution < -0.4 is 16.2 Å². The first kappa shape index (κ1) is 10.5. The molecule has 1 aromatic rings. The first-order valence-corrected chi connectivity index (χ1v) is 5.10. The lowest BCUT2D eigenvalue weighted by Gasteiger charge is -2.19. The van der Waals surface area contributed by atoms with E-state index in [0.29, 0.717) is 5.82 Å². The predicted molar refractivity (Wildman–Crippen MR) is 59.9 cm³/mol. The molecule has 86 valence electrons. The van der Waals surface area contributed by atoms with Gasteiger partial charge >= 0.3 is 5.97 Å². The van der Waals surface area contributed by atoms with Gasteiger partial charge in [-0.15, -0.1) is 0 Å². The second-order valence-corrected chi connectivity index (χ2v) is 3.81. The van der Waals surface area contributed by atoms with E-state index < -0.39 is 5.97 Å². The third kappa shape index (κ3) is 1.73. The molecule has 0 radical (unpaired) electrons. The van der Waals surface area contributed by atoms with Gasteiger partial charge in [0.25, 0.3) is 5.56 Å². The molecule has 1 fully saturated rings. The number of aromatic amines is 1. The van der Waals surface area contributed by atoms with Crippen molar-refractivity contribution < 1.29 is 9.90 Å². The van der Waals surface area contributed by atoms with Crippen molar-refractivity contribution in [1.82, 2.24) is 4.98 Å². The van der Waals surface area contributed by atoms with Gasteiger partial charge in [-0.25, -0.2) is 4.79 Å². The highest BCUT2D eigenvalue weighted by atomic mass is 16.4. The van der Waals surface area contributed by atoms with Crippen molar-refractivity contribution in [3.63, 3.8) is 0 Å². The third-order valence-electron chi connectivity index (χ3n) is 2.69. The Labute approximate surface area is 91.7 Å². The molecular formula is C10H13N3O3. The van der Waals surface area contributed by atoms with Crippen LogP contribution in [-0.4, -0.2) is 29.1 Å². The number of hydrogen-bond donors (Lipinski definition) is 3. The number of H-pyrrole nitrogens is 1. The molecule has 2 heterocycles. The molecule has 2 rings (SSSR count). The highest BCUT2D eigenvalue weighted by Gasteiger charge is 2.22. The molecule has 0 unspecified atom stereocenters. The Morgan fingerprint density at radius 1 is 1.44 bits per heavy atom. The van der Waals surface area contributed by atoms with Crippen molar-refractivity contribution in [3.8, 4) is 0 Å². The van der Waals surface area contributed by atoms with Crippen molar-refractivity contribution in [1.29, 1.82) is 0 Å². The van der Waals surface area contributed by atoms with E-state index >= 15 is 0 Å². The number of carboxylic acid groups (broad SMARTS) is 1. The number of aromatic carboxylic acids is 1. The number of hydrogen-bond acceptors (Lipinski definition) is 4. The molecule has 4 N–H and O–H groups in total. The van der Waals surface area contributed by atoms with Gasteiger partial charge in [-0.05, 0) is 12.8 Å². The largest absolute Gasteiger partial charge is 0.477 e. The lowest BCUT2D eigenvalue weighted by molar-refractivity contribution is 0.0698. The Kier molecular flexibility index (Phi) is 2.55. The number of carbonyl (C=O) groups is 1. The molecule has 0 aromatic carbocycles. The fourth-order valence-electron chi connectivity index (χ4n) is 1.97. The molecule has 0 aliphatic carbocycles. The molecule has 1 aromatic heterocycles. The van der Waals surface area contributed by atoms with Crippen molar-refractivity contribution in [3.05, 3.63) is 22.0 Å². The van der Waals surface area contributed by atoms with E-state index in [9.17, 15) is 9.59 Å². The molecule has 0 atom stereocenters. The normalized spacial score (nSPS) is 15.4. The Morgan fingerprint density at radius 2 is 2.06 bits per heavy atom. The van der Waals surface area contributed by atoms with Gasteiger partial charge in [0.2, 0.25) is 0 Å². The fourth-order valence-corrected chi connectivity index (χ4v) is 1.97. The summed E-state index contributed by atoms with van der Waals surface area (Å²) in [6.07, 6.45) is 1.99. The van der Waals surface area contributed by atoms with E-state index in [2.05, 4.69) is 4.98 Å². The Morgan fingerprint density at radius 3 is 2.62 bits per heavy atom. The van der Waals surface area contributed by atoms with Crippen LogP contribution >= 0.6 is 0 Å². The lowest BCUT2D eigenvalue weighted by atomic mass is 10.2. The minimum absolute atomic E-state index is 0.0122. The highest BCUT2D eigenvalue weighted by molar-refractivity contribution is 5.99. The highest BCUT2D eigenvalue weighted by Crippen LogP contribution is 2.24. The van der Waals surface area contributed by atoms with Gasteiger partial charge in [0.05, 0.1) is 5.69 Å². The van der Waals surface area contributed by atoms with Crippen LogP contribution in [0.4, 0.5) is 11.5 Å². The summed E-state index contributed by atoms with van der Waals surface area (Å²) in [5.41, 5.74) is 5.19. The zero-order valence-electron chi connectivity index (χ0n) is 8.69. The minimum atomic E-state index is -1.12. The number of rotatable bonds is 2. The zero-order chi connectivity index (χ0) is 11.7. The SMILES string of the molecule is Nc1cc(=O)[nH]c(N2CCCC2)c1C(=O)O. The molecule has 6 nitrogen and oxygen atoms in total. The summed E-state index contributed by atoms with van der Waals surface area (Å²) in [6.45, 7) is 1.50. The van der Waals surface area contributed by atoms with Crippen molar-refractivity contribution in [2.45, 2.75) is 12.8 Å². The Hall–Kier alpha value is -1.98. The number of nitrogens with two attached hydrogens (primary N) is 1. The van der Waals surface area contributed by atoms with Gasteiger partial charge in [-0.3, -0.25) is 4.79 Å². The molecule has 1 aliphatic rings. The van der Waals surface area contributed by atoms with Crippen molar-refractivity contribution in [2.24, 2.45) is 0 Å². The maximum Gasteiger partial charge on any atom is 0.341 e. The summed E-state index contributed by atoms with van der Waals surface area (Å²) in [7, 11) is 0. The first-order valence-electron chi connectivity index (χ1n) is 5.10. The maximum atomic E-state index is 11.3. The summed E-state index contributed by atoms with van der Waals surface area (Å²) in [5, 5.41) is 9.07. The van der Waals surface area contributed by atoms with Gasteiger partial charge in [0.15, 0.2) is 0 Å². The van der Waals surface area contributed by atoms with Crippen LogP contribution in [0, 0.1) is 0 Å². The molecular weight excluding hydrogens is 210 g/mol. The zero-order valence-corrected chi connectivity index (χ0v) is 8.69. The average Bonchev–Trinajstić information content (AvgIpc) is 2.67. The summed E-state index contributed by atoms with van der Waals surface area (Å²) in [5.74, 6) is -0.786. The minimum Gasteiger partial charge on any atom is -0.477 e. The number of aromatic nitrogens is 1. The number of carboxylic acids is 1. The van der Waals surface area contributed by atoms with E-state index in [1.54, 1.807) is 0 Å². The summed E-state index contributed by atoms with van der Waals surface area (Å²) in [6, 6.07) is 1.10. The predicted octanol–water partition coefficient (Wildman–Crippen LogP) is 0.255. The molecule has 6 heteroatoms. The Balaban J connectivity index is 2.56. The van der Waals surface area contributed by atoms with Crippen LogP contribution in [0.25, 0.3) is 0 Å². The molecule has 0 amide bonds. The van der Waals surface area contributed by atoms with Crippen LogP contribution in [-0.2, 0) is 0 Å². The smallest absolute Gasteiger partial charge is 0.341 e. The van der Waals surface area contributed by atoms with Crippen molar-refractivity contribution in [2.75, 3.05) is 23.7 Å². The summed E-state index contributed by atoms with van der Waals surface area (Å²) in [4.78, 5) is 26.8. The summed E-state index contributed by atoms with van der Waals surface area (Å²) >= 11 is 0. The van der Waals surface area contributed by atoms with Gasteiger partial charge < -0.3 is 20.7 Å². The first-order chi connectivity index (χ1) is 7.59. The van der Waals surface area contributed by atoms with E-state index in [4.69, 9.17) is 10.8 Å². The standard InChI is InChI=1S/C10H13N3O3/c11-6-5-7(14)12-9(8(6)10(15)16)13-3-1-2-4-13/h5H,1-4H2,(H,15,16)(H3,11,12,14). The molecule has 1 aliphatic heterocycles. The fraction of sp³-hybridized carbons (Fsp3) is 0.400. The number of nitrogen functional groups attached to an aromatic ring is 1. The monoisotopic (exact) mass is 223 g/mol. The van der Waals surface area contributed by atoms with Crippen LogP contribution in [0.15, 0.2) is 10.9 Å². The van der Waals surface area contributed by atoms with Gasteiger partial charge in [-0.1, -0.05) is 0 Å². The number of nitrogens with zero attached hydrogens (tertiary/aromatic N) is 1. The van der Waals surface area contributed by atoms with Crippen molar-refractivity contribution >= 4 is 17.5 Å². The molecule has 16 heavy (non-hydrogen) atoms. The second-order valence-electron chi connectivity index (χ2n) is 3.81. The lowest BCUT2D eigenvalue weighted by Crippen LogP contribution is -2.26. The Bertz CT molecular complexity index is 475. The van der Waals surface area contributed by atoms with E-state index in [0.717, 1.165) is 32.0 Å². The van der Waals surface area contributed by atoms with Crippen LogP contribution in [0.2, 0.25) is 0 Å². The molecule has 0 saturated carbocycles. The van der Waals surface area contributed by atoms with E-state index in [1.165, 1.54) is 0 Å². The molecule has 1 saturated heterocycles. The number of nitrogens with one attached hydrogen (secondary N) is 1. The quantitative estimate of drug-likeness (QED) is 0.667. The molecule has 0 spiro atoms. The number of pyridine rings is 1. The second kappa shape index (κ2) is 3.88. The van der Waals surface area contributed by atoms with Crippen LogP contribution in [0.3, 0.4) is 0 Å². The van der Waals surface area contributed by atoms with E-state index in [-0.39, 0.29) is 16.8 Å². The molecule has 0 bridgehead atoms. The van der Waals surface area contributed by atoms with Gasteiger partial charge in [0.1, 0.15) is 11.4 Å². The topological polar surface area (TPSA) is 99.4 Å². The maximum absolute atomic E-state index is 11.3.